The maximum absolute atomic E-state index is 13.7. The van der Waals surface area contributed by atoms with E-state index in [-0.39, 0.29) is 38.8 Å². The van der Waals surface area contributed by atoms with Gasteiger partial charge in [-0.2, -0.15) is 18.2 Å². The van der Waals surface area contributed by atoms with Crippen molar-refractivity contribution in [2.75, 3.05) is 7.11 Å². The minimum Gasteiger partial charge on any atom is -0.497 e. The van der Waals surface area contributed by atoms with Crippen LogP contribution in [0.3, 0.4) is 0 Å². The molecule has 0 fully saturated rings. The Kier molecular flexibility index (Phi) is 5.83. The van der Waals surface area contributed by atoms with Gasteiger partial charge in [0.15, 0.2) is 11.5 Å². The zero-order chi connectivity index (χ0) is 23.2. The van der Waals surface area contributed by atoms with E-state index < -0.39 is 23.0 Å². The van der Waals surface area contributed by atoms with E-state index in [1.807, 2.05) is 0 Å². The van der Waals surface area contributed by atoms with Gasteiger partial charge < -0.3 is 4.74 Å². The molecule has 0 saturated heterocycles. The lowest BCUT2D eigenvalue weighted by Gasteiger charge is -2.11. The fourth-order valence-corrected chi connectivity index (χ4v) is 4.22. The van der Waals surface area contributed by atoms with Crippen LogP contribution in [0, 0.1) is 0 Å². The number of halogens is 6. The van der Waals surface area contributed by atoms with E-state index in [0.717, 1.165) is 4.68 Å². The summed E-state index contributed by atoms with van der Waals surface area (Å²) in [6.07, 6.45) is -4.80. The molecule has 2 aliphatic heterocycles. The van der Waals surface area contributed by atoms with E-state index in [2.05, 4.69) is 15.1 Å². The zero-order valence-electron chi connectivity index (χ0n) is 16.1. The lowest BCUT2D eigenvalue weighted by atomic mass is 10.1. The van der Waals surface area contributed by atoms with Crippen LogP contribution in [0.25, 0.3) is 17.1 Å². The van der Waals surface area contributed by atoms with Crippen molar-refractivity contribution >= 4 is 34.8 Å². The van der Waals surface area contributed by atoms with Crippen molar-refractivity contribution in [2.45, 2.75) is 12.6 Å². The molecule has 0 unspecified atom stereocenters. The number of benzene rings is 2. The molecule has 12 heteroatoms. The Morgan fingerprint density at radius 3 is 2.41 bits per heavy atom. The average Bonchev–Trinajstić information content (AvgIpc) is 3.07. The number of fused-ring (bicyclic) bond motifs is 1. The molecule has 2 aromatic rings. The minimum atomic E-state index is -4.88. The smallest absolute Gasteiger partial charge is 0.433 e. The maximum atomic E-state index is 13.7. The lowest BCUT2D eigenvalue weighted by molar-refractivity contribution is -0.140. The molecule has 0 aliphatic carbocycles. The average molecular weight is 504 g/mol. The Bertz CT molecular complexity index is 1330. The number of alkyl halides is 3. The number of nitrogens with one attached hydrogen (secondary N) is 1. The van der Waals surface area contributed by atoms with Crippen LogP contribution in [-0.4, -0.2) is 26.9 Å². The molecule has 0 aromatic heterocycles. The largest absolute Gasteiger partial charge is 0.497 e. The number of aromatic amines is 1. The number of ether oxygens (including phenoxy) is 1. The molecule has 0 saturated carbocycles. The first-order chi connectivity index (χ1) is 15.1. The monoisotopic (exact) mass is 502 g/mol. The van der Waals surface area contributed by atoms with Gasteiger partial charge in [0, 0.05) is 11.4 Å². The highest BCUT2D eigenvalue weighted by Crippen LogP contribution is 2.39. The van der Waals surface area contributed by atoms with E-state index in [4.69, 9.17) is 39.5 Å². The highest BCUT2D eigenvalue weighted by Gasteiger charge is 2.41. The van der Waals surface area contributed by atoms with Crippen molar-refractivity contribution in [3.8, 4) is 22.8 Å². The summed E-state index contributed by atoms with van der Waals surface area (Å²) < 4.78 is 47.1. The molecule has 1 N–H and O–H groups in total. The molecule has 0 radical (unpaired) electrons. The van der Waals surface area contributed by atoms with Crippen LogP contribution in [0.4, 0.5) is 13.2 Å². The van der Waals surface area contributed by atoms with E-state index in [1.165, 1.54) is 19.2 Å². The van der Waals surface area contributed by atoms with Gasteiger partial charge in [-0.3, -0.25) is 9.89 Å². The number of rotatable bonds is 4. The van der Waals surface area contributed by atoms with Crippen LogP contribution in [0.15, 0.2) is 41.2 Å². The predicted octanol–water partition coefficient (Wildman–Crippen LogP) is 5.64. The first-order valence-electron chi connectivity index (χ1n) is 8.95. The SMILES string of the molecule is COc1cccc(Cc2nc3n(-c4c(Cl)cc(Cl)cc4Cl)[nH]c(C(F)(F)F)c-3c(=O)n2)c1. The number of H-pyrrole nitrogens is 1. The Balaban J connectivity index is 1.95. The normalized spacial score (nSPS) is 11.8. The standard InChI is InChI=1S/C20H12Cl3F3N4O2/c1-32-11-4-2-3-9(5-11)6-14-27-18-15(19(31)28-14)17(20(24,25)26)29-30(18)16-12(22)7-10(21)8-13(16)23/h2-5,7-8,29H,6H2,1H3. The highest BCUT2D eigenvalue weighted by molar-refractivity contribution is 6.40. The molecule has 2 aliphatic rings. The molecule has 166 valence electrons. The molecule has 32 heavy (non-hydrogen) atoms. The van der Waals surface area contributed by atoms with Crippen LogP contribution >= 0.6 is 34.8 Å². The molecule has 0 atom stereocenters. The predicted molar refractivity (Wildman–Crippen MR) is 114 cm³/mol. The summed E-state index contributed by atoms with van der Waals surface area (Å²) in [6.45, 7) is 0. The summed E-state index contributed by atoms with van der Waals surface area (Å²) in [7, 11) is 1.50. The fraction of sp³-hybridized carbons (Fsp3) is 0.150. The van der Waals surface area contributed by atoms with Crippen molar-refractivity contribution in [1.29, 1.82) is 0 Å². The number of hydrogen-bond acceptors (Lipinski definition) is 4. The van der Waals surface area contributed by atoms with Crippen LogP contribution < -0.4 is 10.3 Å². The molecule has 0 bridgehead atoms. The Labute approximate surface area is 193 Å². The number of hydrogen-bond donors (Lipinski definition) is 1. The molecular formula is C20H12Cl3F3N4O2. The summed E-state index contributed by atoms with van der Waals surface area (Å²) in [5.41, 5.74) is -2.47. The second kappa shape index (κ2) is 8.31. The van der Waals surface area contributed by atoms with Gasteiger partial charge in [0.05, 0.1) is 17.2 Å². The number of methoxy groups -OCH3 is 1. The van der Waals surface area contributed by atoms with E-state index in [9.17, 15) is 18.0 Å². The molecule has 0 amide bonds. The number of nitrogens with zero attached hydrogens (tertiary/aromatic N) is 3. The molecule has 2 aromatic carbocycles. The third-order valence-corrected chi connectivity index (χ3v) is 5.37. The number of aromatic nitrogens is 4. The molecule has 6 nitrogen and oxygen atoms in total. The molecule has 0 spiro atoms. The Morgan fingerprint density at radius 2 is 1.78 bits per heavy atom. The topological polar surface area (TPSA) is 72.8 Å². The zero-order valence-corrected chi connectivity index (χ0v) is 18.4. The Morgan fingerprint density at radius 1 is 1.09 bits per heavy atom. The van der Waals surface area contributed by atoms with Crippen LogP contribution in [0.2, 0.25) is 15.1 Å². The summed E-state index contributed by atoms with van der Waals surface area (Å²) >= 11 is 18.3. The molecule has 2 heterocycles. The van der Waals surface area contributed by atoms with Gasteiger partial charge in [-0.1, -0.05) is 46.9 Å². The van der Waals surface area contributed by atoms with Crippen LogP contribution in [0.1, 0.15) is 17.1 Å². The van der Waals surface area contributed by atoms with Gasteiger partial charge in [-0.05, 0) is 29.8 Å². The second-order valence-corrected chi connectivity index (χ2v) is 7.96. The second-order valence-electron chi connectivity index (χ2n) is 6.71. The van der Waals surface area contributed by atoms with E-state index in [1.54, 1.807) is 24.3 Å². The highest BCUT2D eigenvalue weighted by atomic mass is 35.5. The van der Waals surface area contributed by atoms with Gasteiger partial charge in [-0.25, -0.2) is 9.67 Å². The van der Waals surface area contributed by atoms with Gasteiger partial charge in [-0.15, -0.1) is 0 Å². The van der Waals surface area contributed by atoms with Crippen molar-refractivity contribution in [3.63, 3.8) is 0 Å². The van der Waals surface area contributed by atoms with Gasteiger partial charge in [0.1, 0.15) is 22.8 Å². The third kappa shape index (κ3) is 4.15. The van der Waals surface area contributed by atoms with Crippen molar-refractivity contribution in [1.82, 2.24) is 19.7 Å². The van der Waals surface area contributed by atoms with Gasteiger partial charge in [0.2, 0.25) is 0 Å². The van der Waals surface area contributed by atoms with Gasteiger partial charge >= 0.3 is 6.18 Å². The molecular weight excluding hydrogens is 492 g/mol. The first-order valence-corrected chi connectivity index (χ1v) is 10.1. The van der Waals surface area contributed by atoms with Gasteiger partial charge in [0.25, 0.3) is 5.56 Å². The summed E-state index contributed by atoms with van der Waals surface area (Å²) in [6, 6.07) is 9.54. The minimum absolute atomic E-state index is 0.0124. The summed E-state index contributed by atoms with van der Waals surface area (Å²) in [5.74, 6) is 0.265. The summed E-state index contributed by atoms with van der Waals surface area (Å²) in [5, 5.41) is 2.27. The third-order valence-electron chi connectivity index (χ3n) is 4.57. The first kappa shape index (κ1) is 22.4. The summed E-state index contributed by atoms with van der Waals surface area (Å²) in [4.78, 5) is 20.6. The van der Waals surface area contributed by atoms with Crippen molar-refractivity contribution < 1.29 is 17.9 Å². The van der Waals surface area contributed by atoms with Crippen molar-refractivity contribution in [2.24, 2.45) is 0 Å². The van der Waals surface area contributed by atoms with Crippen LogP contribution in [0.5, 0.6) is 5.75 Å². The Hall–Kier alpha value is -2.75. The fourth-order valence-electron chi connectivity index (χ4n) is 3.23. The van der Waals surface area contributed by atoms with E-state index in [0.29, 0.717) is 11.3 Å². The quantitative estimate of drug-likeness (QED) is 0.391. The van der Waals surface area contributed by atoms with E-state index >= 15 is 0 Å². The maximum Gasteiger partial charge on any atom is 0.433 e. The lowest BCUT2D eigenvalue weighted by Crippen LogP contribution is -2.19. The van der Waals surface area contributed by atoms with Crippen LogP contribution in [-0.2, 0) is 12.6 Å². The molecule has 4 rings (SSSR count). The van der Waals surface area contributed by atoms with Crippen molar-refractivity contribution in [3.05, 3.63) is 78.9 Å².